The van der Waals surface area contributed by atoms with Crippen LogP contribution in [-0.2, 0) is 4.74 Å². The normalized spacial score (nSPS) is 13.1. The van der Waals surface area contributed by atoms with Gasteiger partial charge in [-0.05, 0) is 54.7 Å². The number of methoxy groups -OCH3 is 2. The van der Waals surface area contributed by atoms with Gasteiger partial charge in [-0.25, -0.2) is 19.2 Å². The second-order valence-corrected chi connectivity index (χ2v) is 8.69. The highest BCUT2D eigenvalue weighted by atomic mass is 19.1. The quantitative estimate of drug-likeness (QED) is 0.356. The molecule has 1 aliphatic carbocycles. The molecule has 1 N–H and O–H groups in total. The van der Waals surface area contributed by atoms with Crippen molar-refractivity contribution in [2.24, 2.45) is 0 Å². The lowest BCUT2D eigenvalue weighted by Crippen LogP contribution is -2.11. The maximum absolute atomic E-state index is 14.0. The Bertz CT molecular complexity index is 1620. The fourth-order valence-electron chi connectivity index (χ4n) is 4.34. The van der Waals surface area contributed by atoms with Gasteiger partial charge in [-0.1, -0.05) is 0 Å². The Labute approximate surface area is 210 Å². The van der Waals surface area contributed by atoms with Crippen molar-refractivity contribution in [3.63, 3.8) is 0 Å². The number of ether oxygens (including phenoxy) is 2. The standard InChI is InChI=1S/C26H22FN7O3/c1-36-22-10-18(6-7-20(22)27)34-14-30-32-24(34)17-9-19(15-3-4-15)25-29-12-21(33(25)13-17)16-5-8-23(28-11-16)31-26(35)37-2/h5-15H,3-4H2,1-2H3,(H,28,31,35). The molecule has 0 radical (unpaired) electrons. The van der Waals surface area contributed by atoms with E-state index >= 15 is 0 Å². The lowest BCUT2D eigenvalue weighted by molar-refractivity contribution is 0.187. The van der Waals surface area contributed by atoms with Crippen LogP contribution in [0.4, 0.5) is 15.0 Å². The van der Waals surface area contributed by atoms with Gasteiger partial charge in [0.05, 0.1) is 31.8 Å². The van der Waals surface area contributed by atoms with Crippen LogP contribution in [0, 0.1) is 5.82 Å². The van der Waals surface area contributed by atoms with E-state index in [1.165, 1.54) is 20.3 Å². The zero-order valence-corrected chi connectivity index (χ0v) is 20.1. The lowest BCUT2D eigenvalue weighted by atomic mass is 10.1. The average Bonchev–Trinajstić information content (AvgIpc) is 3.49. The van der Waals surface area contributed by atoms with Gasteiger partial charge < -0.3 is 9.47 Å². The summed E-state index contributed by atoms with van der Waals surface area (Å²) < 4.78 is 27.6. The first-order valence-electron chi connectivity index (χ1n) is 11.6. The number of nitrogens with one attached hydrogen (secondary N) is 1. The van der Waals surface area contributed by atoms with Gasteiger partial charge in [0.25, 0.3) is 0 Å². The van der Waals surface area contributed by atoms with E-state index < -0.39 is 11.9 Å². The number of pyridine rings is 2. The third-order valence-electron chi connectivity index (χ3n) is 6.35. The number of halogens is 1. The highest BCUT2D eigenvalue weighted by molar-refractivity contribution is 5.83. The van der Waals surface area contributed by atoms with Crippen LogP contribution in [0.2, 0.25) is 0 Å². The summed E-state index contributed by atoms with van der Waals surface area (Å²) in [5.41, 5.74) is 5.18. The SMILES string of the molecule is COC(=O)Nc1ccc(-c2cnc3c(C4CC4)cc(-c4nncn4-c4ccc(F)c(OC)c4)cn23)cn1. The first-order chi connectivity index (χ1) is 18.1. The molecular formula is C26H22FN7O3. The van der Waals surface area contributed by atoms with E-state index in [-0.39, 0.29) is 5.75 Å². The summed E-state index contributed by atoms with van der Waals surface area (Å²) in [6, 6.07) is 10.3. The van der Waals surface area contributed by atoms with Crippen molar-refractivity contribution in [1.29, 1.82) is 0 Å². The van der Waals surface area contributed by atoms with Crippen LogP contribution in [0.5, 0.6) is 5.75 Å². The maximum atomic E-state index is 14.0. The summed E-state index contributed by atoms with van der Waals surface area (Å²) in [6.45, 7) is 0. The van der Waals surface area contributed by atoms with Crippen LogP contribution < -0.4 is 10.1 Å². The largest absolute Gasteiger partial charge is 0.494 e. The van der Waals surface area contributed by atoms with E-state index in [4.69, 9.17) is 9.72 Å². The molecule has 1 amide bonds. The molecule has 0 aliphatic heterocycles. The van der Waals surface area contributed by atoms with Crippen LogP contribution in [0.15, 0.2) is 61.3 Å². The number of carbonyl (C=O) groups is 1. The number of anilines is 1. The second-order valence-electron chi connectivity index (χ2n) is 8.69. The molecule has 0 atom stereocenters. The van der Waals surface area contributed by atoms with E-state index in [9.17, 15) is 9.18 Å². The number of fused-ring (bicyclic) bond motifs is 1. The lowest BCUT2D eigenvalue weighted by Gasteiger charge is -2.12. The molecule has 1 aromatic carbocycles. The second kappa shape index (κ2) is 9.01. The third-order valence-corrected chi connectivity index (χ3v) is 6.35. The molecule has 37 heavy (non-hydrogen) atoms. The number of aromatic nitrogens is 6. The number of hydrogen-bond donors (Lipinski definition) is 1. The molecule has 4 heterocycles. The number of rotatable bonds is 6. The molecule has 11 heteroatoms. The minimum Gasteiger partial charge on any atom is -0.494 e. The van der Waals surface area contributed by atoms with E-state index in [1.54, 1.807) is 35.3 Å². The molecular weight excluding hydrogens is 477 g/mol. The minimum absolute atomic E-state index is 0.140. The average molecular weight is 500 g/mol. The summed E-state index contributed by atoms with van der Waals surface area (Å²) in [5, 5.41) is 11.1. The number of amides is 1. The Balaban J connectivity index is 1.45. The van der Waals surface area contributed by atoms with Gasteiger partial charge >= 0.3 is 6.09 Å². The van der Waals surface area contributed by atoms with Crippen molar-refractivity contribution in [1.82, 2.24) is 29.1 Å². The van der Waals surface area contributed by atoms with Crippen molar-refractivity contribution in [3.05, 3.63) is 72.7 Å². The Morgan fingerprint density at radius 2 is 1.95 bits per heavy atom. The van der Waals surface area contributed by atoms with Crippen molar-refractivity contribution in [3.8, 4) is 34.1 Å². The van der Waals surface area contributed by atoms with Crippen molar-refractivity contribution in [2.75, 3.05) is 19.5 Å². The smallest absolute Gasteiger partial charge is 0.412 e. The molecule has 0 unspecified atom stereocenters. The summed E-state index contributed by atoms with van der Waals surface area (Å²) in [7, 11) is 2.73. The van der Waals surface area contributed by atoms with Crippen molar-refractivity contribution < 1.29 is 18.7 Å². The molecule has 1 aliphatic rings. The monoisotopic (exact) mass is 499 g/mol. The predicted octanol–water partition coefficient (Wildman–Crippen LogP) is 4.85. The van der Waals surface area contributed by atoms with Gasteiger partial charge in [-0.15, -0.1) is 10.2 Å². The van der Waals surface area contributed by atoms with Crippen LogP contribution in [0.1, 0.15) is 24.3 Å². The summed E-state index contributed by atoms with van der Waals surface area (Å²) in [5.74, 6) is 1.10. The Hall–Kier alpha value is -4.80. The van der Waals surface area contributed by atoms with Crippen molar-refractivity contribution >= 4 is 17.6 Å². The van der Waals surface area contributed by atoms with Gasteiger partial charge in [0.2, 0.25) is 0 Å². The van der Waals surface area contributed by atoms with Gasteiger partial charge in [-0.3, -0.25) is 14.3 Å². The Morgan fingerprint density at radius 3 is 2.68 bits per heavy atom. The molecule has 10 nitrogen and oxygen atoms in total. The predicted molar refractivity (Wildman–Crippen MR) is 133 cm³/mol. The first-order valence-corrected chi connectivity index (χ1v) is 11.6. The van der Waals surface area contributed by atoms with Crippen LogP contribution in [-0.4, -0.2) is 49.4 Å². The van der Waals surface area contributed by atoms with E-state index in [0.717, 1.165) is 40.9 Å². The van der Waals surface area contributed by atoms with Gasteiger partial charge in [0, 0.05) is 29.6 Å². The molecule has 5 aromatic rings. The van der Waals surface area contributed by atoms with E-state index in [2.05, 4.69) is 31.3 Å². The number of nitrogens with zero attached hydrogens (tertiary/aromatic N) is 6. The zero-order chi connectivity index (χ0) is 25.5. The number of benzene rings is 1. The maximum Gasteiger partial charge on any atom is 0.412 e. The Morgan fingerprint density at radius 1 is 1.08 bits per heavy atom. The molecule has 6 rings (SSSR count). The zero-order valence-electron chi connectivity index (χ0n) is 20.1. The van der Waals surface area contributed by atoms with E-state index in [0.29, 0.717) is 23.2 Å². The highest BCUT2D eigenvalue weighted by Crippen LogP contribution is 2.43. The molecule has 4 aromatic heterocycles. The summed E-state index contributed by atoms with van der Waals surface area (Å²) in [4.78, 5) is 20.5. The first kappa shape index (κ1) is 22.7. The molecule has 1 fully saturated rings. The molecule has 0 bridgehead atoms. The minimum atomic E-state index is -0.586. The summed E-state index contributed by atoms with van der Waals surface area (Å²) in [6.07, 6.45) is 8.64. The van der Waals surface area contributed by atoms with Gasteiger partial charge in [0.15, 0.2) is 17.4 Å². The third kappa shape index (κ3) is 4.14. The molecule has 1 saturated carbocycles. The highest BCUT2D eigenvalue weighted by Gasteiger charge is 2.28. The van der Waals surface area contributed by atoms with Gasteiger partial charge in [-0.2, -0.15) is 0 Å². The number of imidazole rings is 1. The van der Waals surface area contributed by atoms with Gasteiger partial charge in [0.1, 0.15) is 17.8 Å². The number of carbonyl (C=O) groups excluding carboxylic acids is 1. The fourth-order valence-corrected chi connectivity index (χ4v) is 4.34. The van der Waals surface area contributed by atoms with Crippen LogP contribution >= 0.6 is 0 Å². The van der Waals surface area contributed by atoms with Crippen LogP contribution in [0.3, 0.4) is 0 Å². The number of hydrogen-bond acceptors (Lipinski definition) is 7. The topological polar surface area (TPSA) is 108 Å². The van der Waals surface area contributed by atoms with E-state index in [1.807, 2.05) is 22.9 Å². The van der Waals surface area contributed by atoms with Crippen LogP contribution in [0.25, 0.3) is 34.0 Å². The molecule has 0 saturated heterocycles. The Kier molecular flexibility index (Phi) is 5.52. The molecule has 186 valence electrons. The fraction of sp³-hybridized carbons (Fsp3) is 0.192. The van der Waals surface area contributed by atoms with Crippen molar-refractivity contribution in [2.45, 2.75) is 18.8 Å². The molecule has 0 spiro atoms. The summed E-state index contributed by atoms with van der Waals surface area (Å²) >= 11 is 0.